The number of ether oxygens (including phenoxy) is 1. The molecule has 2 nitrogen and oxygen atoms in total. The van der Waals surface area contributed by atoms with E-state index >= 15 is 0 Å². The summed E-state index contributed by atoms with van der Waals surface area (Å²) in [4.78, 5) is 1.26. The molecule has 0 aliphatic heterocycles. The first kappa shape index (κ1) is 12.0. The van der Waals surface area contributed by atoms with Crippen molar-refractivity contribution in [3.8, 4) is 5.06 Å². The zero-order chi connectivity index (χ0) is 11.5. The molecule has 0 amide bonds. The highest BCUT2D eigenvalue weighted by Gasteiger charge is 2.07. The van der Waals surface area contributed by atoms with Gasteiger partial charge in [0.05, 0.1) is 11.6 Å². The van der Waals surface area contributed by atoms with E-state index in [0.717, 1.165) is 16.1 Å². The summed E-state index contributed by atoms with van der Waals surface area (Å²) < 4.78 is 6.26. The summed E-state index contributed by atoms with van der Waals surface area (Å²) in [6.45, 7) is 2.95. The van der Waals surface area contributed by atoms with Gasteiger partial charge in [-0.1, -0.05) is 0 Å². The van der Waals surface area contributed by atoms with Crippen LogP contribution in [0.2, 0.25) is 0 Å². The van der Waals surface area contributed by atoms with Crippen molar-refractivity contribution in [3.05, 3.63) is 31.7 Å². The van der Waals surface area contributed by atoms with Crippen LogP contribution in [-0.4, -0.2) is 7.11 Å². The van der Waals surface area contributed by atoms with E-state index in [4.69, 9.17) is 4.74 Å². The van der Waals surface area contributed by atoms with Gasteiger partial charge < -0.3 is 10.1 Å². The van der Waals surface area contributed by atoms with Gasteiger partial charge in [0.1, 0.15) is 0 Å². The molecule has 86 valence electrons. The highest BCUT2D eigenvalue weighted by atomic mass is 79.9. The lowest BCUT2D eigenvalue weighted by Gasteiger charge is -2.02. The molecule has 0 aliphatic carbocycles. The summed E-state index contributed by atoms with van der Waals surface area (Å²) in [5, 5.41) is 8.63. The van der Waals surface area contributed by atoms with Crippen molar-refractivity contribution in [2.24, 2.45) is 0 Å². The largest absolute Gasteiger partial charge is 0.486 e. The third-order valence-electron chi connectivity index (χ3n) is 2.20. The third-order valence-corrected chi connectivity index (χ3v) is 5.01. The molecule has 0 atom stereocenters. The van der Waals surface area contributed by atoms with Crippen molar-refractivity contribution < 1.29 is 4.74 Å². The zero-order valence-electron chi connectivity index (χ0n) is 9.04. The molecule has 2 heterocycles. The van der Waals surface area contributed by atoms with Gasteiger partial charge in [0.2, 0.25) is 0 Å². The van der Waals surface area contributed by atoms with Crippen molar-refractivity contribution in [1.29, 1.82) is 0 Å². The molecule has 0 saturated heterocycles. The van der Waals surface area contributed by atoms with E-state index in [9.17, 15) is 0 Å². The van der Waals surface area contributed by atoms with Crippen molar-refractivity contribution in [2.75, 3.05) is 12.4 Å². The summed E-state index contributed by atoms with van der Waals surface area (Å²) in [5.74, 6) is 0. The Kier molecular flexibility index (Phi) is 3.89. The number of halogens is 1. The van der Waals surface area contributed by atoms with Gasteiger partial charge >= 0.3 is 0 Å². The normalized spacial score (nSPS) is 10.4. The summed E-state index contributed by atoms with van der Waals surface area (Å²) in [7, 11) is 1.69. The number of nitrogens with one attached hydrogen (secondary N) is 1. The maximum absolute atomic E-state index is 5.23. The number of hydrogen-bond acceptors (Lipinski definition) is 4. The van der Waals surface area contributed by atoms with Crippen molar-refractivity contribution in [1.82, 2.24) is 0 Å². The lowest BCUT2D eigenvalue weighted by molar-refractivity contribution is 0.425. The fraction of sp³-hybridized carbons (Fsp3) is 0.273. The second kappa shape index (κ2) is 5.21. The molecule has 2 aromatic heterocycles. The molecule has 0 spiro atoms. The summed E-state index contributed by atoms with van der Waals surface area (Å²) in [6.07, 6.45) is 0. The lowest BCUT2D eigenvalue weighted by Crippen LogP contribution is -1.96. The van der Waals surface area contributed by atoms with Crippen molar-refractivity contribution in [2.45, 2.75) is 13.5 Å². The SMILES string of the molecule is COc1sc(CNc2cscc2C)cc1Br. The number of anilines is 1. The van der Waals surface area contributed by atoms with E-state index < -0.39 is 0 Å². The van der Waals surface area contributed by atoms with Crippen LogP contribution in [-0.2, 0) is 6.54 Å². The third kappa shape index (κ3) is 2.59. The van der Waals surface area contributed by atoms with Gasteiger partial charge in [-0.25, -0.2) is 0 Å². The van der Waals surface area contributed by atoms with E-state index in [1.165, 1.54) is 16.1 Å². The van der Waals surface area contributed by atoms with Crippen LogP contribution in [0.1, 0.15) is 10.4 Å². The van der Waals surface area contributed by atoms with Gasteiger partial charge in [0.15, 0.2) is 5.06 Å². The first-order valence-electron chi connectivity index (χ1n) is 4.79. The predicted molar refractivity (Wildman–Crippen MR) is 75.0 cm³/mol. The molecule has 2 rings (SSSR count). The average molecular weight is 318 g/mol. The number of thiophene rings is 2. The maximum Gasteiger partial charge on any atom is 0.188 e. The van der Waals surface area contributed by atoms with E-state index in [0.29, 0.717) is 0 Å². The van der Waals surface area contributed by atoms with Crippen LogP contribution in [0.25, 0.3) is 0 Å². The first-order chi connectivity index (χ1) is 7.70. The number of methoxy groups -OCH3 is 1. The summed E-state index contributed by atoms with van der Waals surface area (Å²) in [6, 6.07) is 2.10. The second-order valence-corrected chi connectivity index (χ2v) is 6.07. The van der Waals surface area contributed by atoms with Crippen LogP contribution < -0.4 is 10.1 Å². The Morgan fingerprint density at radius 2 is 2.25 bits per heavy atom. The predicted octanol–water partition coefficient (Wildman–Crippen LogP) is 4.50. The Balaban J connectivity index is 2.02. The average Bonchev–Trinajstić information content (AvgIpc) is 2.82. The molecule has 0 radical (unpaired) electrons. The molecule has 0 unspecified atom stereocenters. The van der Waals surface area contributed by atoms with E-state index in [1.807, 2.05) is 0 Å². The molecule has 0 fully saturated rings. The first-order valence-corrected chi connectivity index (χ1v) is 7.35. The van der Waals surface area contributed by atoms with Crippen LogP contribution >= 0.6 is 38.6 Å². The topological polar surface area (TPSA) is 21.3 Å². The molecular formula is C11H12BrNOS2. The molecule has 16 heavy (non-hydrogen) atoms. The standard InChI is InChI=1S/C11H12BrNOS2/c1-7-5-15-6-10(7)13-4-8-3-9(12)11(14-2)16-8/h3,5-6,13H,4H2,1-2H3. The lowest BCUT2D eigenvalue weighted by atomic mass is 10.3. The number of hydrogen-bond donors (Lipinski definition) is 1. The van der Waals surface area contributed by atoms with Crippen LogP contribution in [0.4, 0.5) is 5.69 Å². The fourth-order valence-corrected chi connectivity index (χ4v) is 3.78. The summed E-state index contributed by atoms with van der Waals surface area (Å²) >= 11 is 6.85. The molecule has 0 aliphatic rings. The molecule has 0 aromatic carbocycles. The Bertz CT molecular complexity index is 478. The molecule has 1 N–H and O–H groups in total. The smallest absolute Gasteiger partial charge is 0.188 e. The summed E-state index contributed by atoms with van der Waals surface area (Å²) in [5.41, 5.74) is 2.51. The molecular weight excluding hydrogens is 306 g/mol. The van der Waals surface area contributed by atoms with Crippen LogP contribution in [0.15, 0.2) is 21.3 Å². The van der Waals surface area contributed by atoms with Crippen molar-refractivity contribution in [3.63, 3.8) is 0 Å². The van der Waals surface area contributed by atoms with Crippen LogP contribution in [0.5, 0.6) is 5.06 Å². The highest BCUT2D eigenvalue weighted by molar-refractivity contribution is 9.10. The molecule has 0 bridgehead atoms. The Morgan fingerprint density at radius 1 is 1.44 bits per heavy atom. The van der Waals surface area contributed by atoms with Gasteiger partial charge in [-0.2, -0.15) is 0 Å². The Labute approximate surface area is 111 Å². The minimum atomic E-state index is 0.838. The molecule has 0 saturated carbocycles. The van der Waals surface area contributed by atoms with Gasteiger partial charge in [-0.3, -0.25) is 0 Å². The van der Waals surface area contributed by atoms with Crippen molar-refractivity contribution >= 4 is 44.3 Å². The van der Waals surface area contributed by atoms with E-state index in [2.05, 4.69) is 45.0 Å². The van der Waals surface area contributed by atoms with Gasteiger partial charge in [-0.05, 0) is 39.9 Å². The van der Waals surface area contributed by atoms with Crippen LogP contribution in [0.3, 0.4) is 0 Å². The van der Waals surface area contributed by atoms with Gasteiger partial charge in [0, 0.05) is 22.5 Å². The van der Waals surface area contributed by atoms with E-state index in [-0.39, 0.29) is 0 Å². The quantitative estimate of drug-likeness (QED) is 0.896. The number of aryl methyl sites for hydroxylation is 1. The minimum Gasteiger partial charge on any atom is -0.486 e. The second-order valence-electron chi connectivity index (χ2n) is 3.37. The Hall–Kier alpha value is -0.520. The monoisotopic (exact) mass is 317 g/mol. The highest BCUT2D eigenvalue weighted by Crippen LogP contribution is 2.35. The van der Waals surface area contributed by atoms with E-state index in [1.54, 1.807) is 29.8 Å². The van der Waals surface area contributed by atoms with Gasteiger partial charge in [0.25, 0.3) is 0 Å². The number of rotatable bonds is 4. The fourth-order valence-electron chi connectivity index (χ4n) is 1.35. The zero-order valence-corrected chi connectivity index (χ0v) is 12.3. The molecule has 2 aromatic rings. The molecule has 5 heteroatoms. The van der Waals surface area contributed by atoms with Crippen LogP contribution in [0, 0.1) is 6.92 Å². The van der Waals surface area contributed by atoms with Gasteiger partial charge in [-0.15, -0.1) is 22.7 Å². The minimum absolute atomic E-state index is 0.838. The Morgan fingerprint density at radius 3 is 2.81 bits per heavy atom. The maximum atomic E-state index is 5.23.